The number of aromatic amines is 1. The second-order valence-corrected chi connectivity index (χ2v) is 3.63. The monoisotopic (exact) mass is 208 g/mol. The molecule has 0 saturated carbocycles. The number of H-pyrrole nitrogens is 1. The molecular formula is C11H16N2O2. The van der Waals surface area contributed by atoms with Crippen molar-refractivity contribution in [3.63, 3.8) is 0 Å². The Kier molecular flexibility index (Phi) is 3.66. The molecule has 0 bridgehead atoms. The lowest BCUT2D eigenvalue weighted by Gasteiger charge is -2.24. The number of amides is 1. The quantitative estimate of drug-likeness (QED) is 0.812. The fraction of sp³-hybridized carbons (Fsp3) is 0.455. The smallest absolute Gasteiger partial charge is 0.254 e. The van der Waals surface area contributed by atoms with Crippen LogP contribution in [-0.2, 0) is 0 Å². The van der Waals surface area contributed by atoms with Gasteiger partial charge in [-0.1, -0.05) is 0 Å². The zero-order valence-electron chi connectivity index (χ0n) is 9.28. The largest absolute Gasteiger partial charge is 0.336 e. The Morgan fingerprint density at radius 1 is 1.53 bits per heavy atom. The van der Waals surface area contributed by atoms with Crippen molar-refractivity contribution in [2.45, 2.75) is 26.8 Å². The van der Waals surface area contributed by atoms with E-state index < -0.39 is 0 Å². The van der Waals surface area contributed by atoms with E-state index in [1.165, 1.54) is 12.3 Å². The van der Waals surface area contributed by atoms with Crippen LogP contribution in [0, 0.1) is 0 Å². The molecule has 0 aliphatic rings. The topological polar surface area (TPSA) is 53.2 Å². The Labute approximate surface area is 88.9 Å². The SMILES string of the molecule is CCN(C(=O)c1cc[nH]c(=O)c1)C(C)C. The molecule has 0 unspecified atom stereocenters. The molecule has 1 aromatic rings. The van der Waals surface area contributed by atoms with Crippen LogP contribution in [0.3, 0.4) is 0 Å². The maximum absolute atomic E-state index is 11.9. The Bertz CT molecular complexity index is 396. The fourth-order valence-corrected chi connectivity index (χ4v) is 1.49. The van der Waals surface area contributed by atoms with Crippen molar-refractivity contribution in [1.29, 1.82) is 0 Å². The third-order valence-electron chi connectivity index (χ3n) is 2.25. The molecule has 0 atom stereocenters. The lowest BCUT2D eigenvalue weighted by Crippen LogP contribution is -2.37. The van der Waals surface area contributed by atoms with Crippen LogP contribution in [0.5, 0.6) is 0 Å². The minimum atomic E-state index is -0.249. The summed E-state index contributed by atoms with van der Waals surface area (Å²) in [5.41, 5.74) is 0.190. The summed E-state index contributed by atoms with van der Waals surface area (Å²) in [6.45, 7) is 6.47. The molecule has 15 heavy (non-hydrogen) atoms. The number of carbonyl (C=O) groups excluding carboxylic acids is 1. The first-order chi connectivity index (χ1) is 7.06. The van der Waals surface area contributed by atoms with E-state index in [9.17, 15) is 9.59 Å². The molecule has 0 aromatic carbocycles. The second-order valence-electron chi connectivity index (χ2n) is 3.63. The number of aromatic nitrogens is 1. The standard InChI is InChI=1S/C11H16N2O2/c1-4-13(8(2)3)11(15)9-5-6-12-10(14)7-9/h5-8H,4H2,1-3H3,(H,12,14). The van der Waals surface area contributed by atoms with Gasteiger partial charge in [0.1, 0.15) is 0 Å². The van der Waals surface area contributed by atoms with E-state index in [0.29, 0.717) is 12.1 Å². The maximum atomic E-state index is 11.9. The fourth-order valence-electron chi connectivity index (χ4n) is 1.49. The van der Waals surface area contributed by atoms with Crippen LogP contribution < -0.4 is 5.56 Å². The second kappa shape index (κ2) is 4.77. The van der Waals surface area contributed by atoms with E-state index >= 15 is 0 Å². The number of hydrogen-bond donors (Lipinski definition) is 1. The van der Waals surface area contributed by atoms with Gasteiger partial charge in [0.2, 0.25) is 5.56 Å². The number of hydrogen-bond acceptors (Lipinski definition) is 2. The number of rotatable bonds is 3. The lowest BCUT2D eigenvalue weighted by atomic mass is 10.2. The van der Waals surface area contributed by atoms with Crippen molar-refractivity contribution in [2.75, 3.05) is 6.54 Å². The highest BCUT2D eigenvalue weighted by Gasteiger charge is 2.16. The summed E-state index contributed by atoms with van der Waals surface area (Å²) < 4.78 is 0. The number of nitrogens with zero attached hydrogens (tertiary/aromatic N) is 1. The van der Waals surface area contributed by atoms with Crippen molar-refractivity contribution in [3.8, 4) is 0 Å². The Morgan fingerprint density at radius 3 is 2.67 bits per heavy atom. The average Bonchev–Trinajstić information content (AvgIpc) is 2.18. The van der Waals surface area contributed by atoms with Gasteiger partial charge < -0.3 is 9.88 Å². The first kappa shape index (κ1) is 11.5. The molecule has 0 aliphatic heterocycles. The maximum Gasteiger partial charge on any atom is 0.254 e. The Balaban J connectivity index is 2.98. The van der Waals surface area contributed by atoms with E-state index in [4.69, 9.17) is 0 Å². The van der Waals surface area contributed by atoms with Crippen molar-refractivity contribution in [1.82, 2.24) is 9.88 Å². The van der Waals surface area contributed by atoms with E-state index in [1.807, 2.05) is 20.8 Å². The highest BCUT2D eigenvalue weighted by molar-refractivity contribution is 5.94. The van der Waals surface area contributed by atoms with Crippen LogP contribution in [-0.4, -0.2) is 28.4 Å². The third kappa shape index (κ3) is 2.68. The van der Waals surface area contributed by atoms with Crippen LogP contribution in [0.25, 0.3) is 0 Å². The molecule has 1 heterocycles. The molecule has 0 saturated heterocycles. The molecule has 0 fully saturated rings. The van der Waals surface area contributed by atoms with E-state index in [-0.39, 0.29) is 17.5 Å². The van der Waals surface area contributed by atoms with Gasteiger partial charge in [-0.2, -0.15) is 0 Å². The van der Waals surface area contributed by atoms with Crippen LogP contribution in [0.2, 0.25) is 0 Å². The molecule has 4 heteroatoms. The van der Waals surface area contributed by atoms with Crippen LogP contribution in [0.15, 0.2) is 23.1 Å². The molecule has 0 radical (unpaired) electrons. The van der Waals surface area contributed by atoms with Crippen molar-refractivity contribution < 1.29 is 4.79 Å². The zero-order valence-corrected chi connectivity index (χ0v) is 9.28. The van der Waals surface area contributed by atoms with Gasteiger partial charge in [0, 0.05) is 30.4 Å². The zero-order chi connectivity index (χ0) is 11.4. The van der Waals surface area contributed by atoms with Gasteiger partial charge in [0.15, 0.2) is 0 Å². The Hall–Kier alpha value is -1.58. The van der Waals surface area contributed by atoms with Gasteiger partial charge in [-0.05, 0) is 26.8 Å². The van der Waals surface area contributed by atoms with Crippen LogP contribution in [0.1, 0.15) is 31.1 Å². The summed E-state index contributed by atoms with van der Waals surface area (Å²) >= 11 is 0. The molecule has 1 aromatic heterocycles. The van der Waals surface area contributed by atoms with Crippen LogP contribution in [0.4, 0.5) is 0 Å². The third-order valence-corrected chi connectivity index (χ3v) is 2.25. The number of carbonyl (C=O) groups is 1. The molecule has 4 nitrogen and oxygen atoms in total. The summed E-state index contributed by atoms with van der Waals surface area (Å²) in [6, 6.07) is 3.09. The summed E-state index contributed by atoms with van der Waals surface area (Å²) in [4.78, 5) is 27.2. The van der Waals surface area contributed by atoms with Gasteiger partial charge >= 0.3 is 0 Å². The van der Waals surface area contributed by atoms with Gasteiger partial charge in [-0.3, -0.25) is 9.59 Å². The summed E-state index contributed by atoms with van der Waals surface area (Å²) in [6.07, 6.45) is 1.49. The normalized spacial score (nSPS) is 10.4. The minimum Gasteiger partial charge on any atom is -0.336 e. The molecule has 1 N–H and O–H groups in total. The predicted molar refractivity (Wildman–Crippen MR) is 58.9 cm³/mol. The van der Waals surface area contributed by atoms with Gasteiger partial charge in [-0.25, -0.2) is 0 Å². The van der Waals surface area contributed by atoms with E-state index in [2.05, 4.69) is 4.98 Å². The highest BCUT2D eigenvalue weighted by atomic mass is 16.2. The van der Waals surface area contributed by atoms with Gasteiger partial charge in [-0.15, -0.1) is 0 Å². The highest BCUT2D eigenvalue weighted by Crippen LogP contribution is 2.05. The summed E-state index contributed by atoms with van der Waals surface area (Å²) in [5.74, 6) is -0.0985. The van der Waals surface area contributed by atoms with Crippen molar-refractivity contribution in [2.24, 2.45) is 0 Å². The molecule has 0 aliphatic carbocycles. The molecule has 1 amide bonds. The Morgan fingerprint density at radius 2 is 2.20 bits per heavy atom. The molecule has 0 spiro atoms. The van der Waals surface area contributed by atoms with Crippen molar-refractivity contribution >= 4 is 5.91 Å². The minimum absolute atomic E-state index is 0.0985. The summed E-state index contributed by atoms with van der Waals surface area (Å²) in [7, 11) is 0. The van der Waals surface area contributed by atoms with E-state index in [0.717, 1.165) is 0 Å². The van der Waals surface area contributed by atoms with Gasteiger partial charge in [0.05, 0.1) is 0 Å². The number of pyridine rings is 1. The average molecular weight is 208 g/mol. The van der Waals surface area contributed by atoms with E-state index in [1.54, 1.807) is 11.0 Å². The van der Waals surface area contributed by atoms with Crippen molar-refractivity contribution in [3.05, 3.63) is 34.2 Å². The first-order valence-electron chi connectivity index (χ1n) is 5.06. The van der Waals surface area contributed by atoms with Gasteiger partial charge in [0.25, 0.3) is 5.91 Å². The first-order valence-corrected chi connectivity index (χ1v) is 5.06. The number of nitrogens with one attached hydrogen (secondary N) is 1. The summed E-state index contributed by atoms with van der Waals surface area (Å²) in [5, 5.41) is 0. The molecule has 1 rings (SSSR count). The predicted octanol–water partition coefficient (Wildman–Crippen LogP) is 1.25. The van der Waals surface area contributed by atoms with Crippen LogP contribution >= 0.6 is 0 Å². The molecular weight excluding hydrogens is 192 g/mol. The lowest BCUT2D eigenvalue weighted by molar-refractivity contribution is 0.0716. The molecule has 82 valence electrons.